The highest BCUT2D eigenvalue weighted by molar-refractivity contribution is 5.36. The summed E-state index contributed by atoms with van der Waals surface area (Å²) in [5.41, 5.74) is -0.265. The van der Waals surface area contributed by atoms with Crippen LogP contribution in [0.15, 0.2) is 29.3 Å². The third-order valence-corrected chi connectivity index (χ3v) is 1.62. The highest BCUT2D eigenvalue weighted by Gasteiger charge is 2.27. The van der Waals surface area contributed by atoms with Crippen molar-refractivity contribution in [2.24, 2.45) is 4.99 Å². The molecule has 0 N–H and O–H groups in total. The third-order valence-electron chi connectivity index (χ3n) is 1.62. The first-order chi connectivity index (χ1) is 6.08. The Bertz CT molecular complexity index is 356. The van der Waals surface area contributed by atoms with Crippen LogP contribution in [-0.2, 0) is 10.6 Å². The number of benzene rings is 1. The van der Waals surface area contributed by atoms with E-state index in [9.17, 15) is 13.6 Å². The van der Waals surface area contributed by atoms with Gasteiger partial charge in [0.25, 0.3) is 0 Å². The van der Waals surface area contributed by atoms with Gasteiger partial charge in [0.2, 0.25) is 11.9 Å². The van der Waals surface area contributed by atoms with E-state index in [1.54, 1.807) is 0 Å². The molecule has 0 amide bonds. The average molecular weight is 183 g/mol. The second-order valence-electron chi connectivity index (χ2n) is 2.64. The maximum Gasteiger partial charge on any atom is 0.238 e. The standard InChI is InChI=1S/C9H7F2NO/c1-9(11,12-6-13)7-4-2-3-5-8(7)10/h2-5H,1H3. The second kappa shape index (κ2) is 3.46. The Hall–Kier alpha value is -1.54. The van der Waals surface area contributed by atoms with Gasteiger partial charge in [-0.05, 0) is 13.0 Å². The molecule has 68 valence electrons. The van der Waals surface area contributed by atoms with Crippen molar-refractivity contribution in [1.82, 2.24) is 0 Å². The van der Waals surface area contributed by atoms with Crippen LogP contribution in [0.25, 0.3) is 0 Å². The molecule has 0 saturated carbocycles. The number of isocyanates is 1. The van der Waals surface area contributed by atoms with Crippen LogP contribution in [0.2, 0.25) is 0 Å². The molecule has 1 rings (SSSR count). The summed E-state index contributed by atoms with van der Waals surface area (Å²) in [6, 6.07) is 5.24. The molecule has 0 heterocycles. The quantitative estimate of drug-likeness (QED) is 0.393. The first kappa shape index (κ1) is 9.55. The van der Waals surface area contributed by atoms with Crippen molar-refractivity contribution in [3.8, 4) is 0 Å². The van der Waals surface area contributed by atoms with Crippen molar-refractivity contribution < 1.29 is 13.6 Å². The topological polar surface area (TPSA) is 29.4 Å². The van der Waals surface area contributed by atoms with Crippen molar-refractivity contribution >= 4 is 6.08 Å². The second-order valence-corrected chi connectivity index (χ2v) is 2.64. The molecule has 2 nitrogen and oxygen atoms in total. The van der Waals surface area contributed by atoms with Gasteiger partial charge in [0.15, 0.2) is 0 Å². The molecular weight excluding hydrogens is 176 g/mol. The van der Waals surface area contributed by atoms with E-state index in [-0.39, 0.29) is 5.56 Å². The zero-order valence-electron chi connectivity index (χ0n) is 6.92. The Morgan fingerprint density at radius 3 is 2.62 bits per heavy atom. The van der Waals surface area contributed by atoms with Gasteiger partial charge in [-0.1, -0.05) is 18.2 Å². The number of nitrogens with zero attached hydrogens (tertiary/aromatic N) is 1. The molecule has 0 saturated heterocycles. The fourth-order valence-corrected chi connectivity index (χ4v) is 0.977. The SMILES string of the molecule is CC(F)(N=C=O)c1ccccc1F. The van der Waals surface area contributed by atoms with Gasteiger partial charge >= 0.3 is 0 Å². The molecule has 0 aliphatic heterocycles. The van der Waals surface area contributed by atoms with Crippen LogP contribution in [0, 0.1) is 5.82 Å². The molecule has 0 bridgehead atoms. The molecule has 1 aromatic rings. The monoisotopic (exact) mass is 183 g/mol. The van der Waals surface area contributed by atoms with Gasteiger partial charge in [0.1, 0.15) is 5.82 Å². The zero-order valence-corrected chi connectivity index (χ0v) is 6.92. The number of hydrogen-bond acceptors (Lipinski definition) is 2. The Labute approximate surface area is 73.9 Å². The normalized spacial score (nSPS) is 14.4. The van der Waals surface area contributed by atoms with Gasteiger partial charge in [-0.2, -0.15) is 4.99 Å². The highest BCUT2D eigenvalue weighted by Crippen LogP contribution is 2.28. The summed E-state index contributed by atoms with van der Waals surface area (Å²) in [5, 5.41) is 0. The smallest absolute Gasteiger partial charge is 0.212 e. The maximum absolute atomic E-state index is 13.4. The summed E-state index contributed by atoms with van der Waals surface area (Å²) < 4.78 is 26.4. The minimum Gasteiger partial charge on any atom is -0.212 e. The number of hydrogen-bond donors (Lipinski definition) is 0. The van der Waals surface area contributed by atoms with E-state index in [2.05, 4.69) is 4.99 Å². The fourth-order valence-electron chi connectivity index (χ4n) is 0.977. The van der Waals surface area contributed by atoms with Crippen molar-refractivity contribution in [3.05, 3.63) is 35.6 Å². The first-order valence-corrected chi connectivity index (χ1v) is 3.61. The molecule has 0 spiro atoms. The van der Waals surface area contributed by atoms with E-state index >= 15 is 0 Å². The van der Waals surface area contributed by atoms with Gasteiger partial charge < -0.3 is 0 Å². The summed E-state index contributed by atoms with van der Waals surface area (Å²) in [7, 11) is 0. The van der Waals surface area contributed by atoms with Crippen LogP contribution < -0.4 is 0 Å². The molecule has 4 heteroatoms. The van der Waals surface area contributed by atoms with Crippen molar-refractivity contribution in [1.29, 1.82) is 0 Å². The lowest BCUT2D eigenvalue weighted by molar-refractivity contribution is 0.199. The lowest BCUT2D eigenvalue weighted by atomic mass is 10.1. The Balaban J connectivity index is 3.21. The Kier molecular flexibility index (Phi) is 2.54. The van der Waals surface area contributed by atoms with E-state index in [0.717, 1.165) is 19.1 Å². The van der Waals surface area contributed by atoms with Crippen LogP contribution in [0.4, 0.5) is 8.78 Å². The maximum atomic E-state index is 13.4. The average Bonchev–Trinajstić information content (AvgIpc) is 2.04. The van der Waals surface area contributed by atoms with Crippen molar-refractivity contribution in [2.45, 2.75) is 12.7 Å². The zero-order chi connectivity index (χ0) is 9.90. The van der Waals surface area contributed by atoms with Crippen LogP contribution in [0.5, 0.6) is 0 Å². The van der Waals surface area contributed by atoms with Gasteiger partial charge in [0.05, 0.1) is 0 Å². The van der Waals surface area contributed by atoms with Gasteiger partial charge in [-0.25, -0.2) is 13.6 Å². The largest absolute Gasteiger partial charge is 0.238 e. The first-order valence-electron chi connectivity index (χ1n) is 3.61. The molecule has 0 aliphatic rings. The summed E-state index contributed by atoms with van der Waals surface area (Å²) in [6.45, 7) is 0.996. The van der Waals surface area contributed by atoms with Crippen molar-refractivity contribution in [2.75, 3.05) is 0 Å². The molecule has 0 aliphatic carbocycles. The minimum absolute atomic E-state index is 0.265. The van der Waals surface area contributed by atoms with E-state index in [0.29, 0.717) is 0 Å². The lowest BCUT2D eigenvalue weighted by Gasteiger charge is -2.13. The highest BCUT2D eigenvalue weighted by atomic mass is 19.2. The van der Waals surface area contributed by atoms with Crippen LogP contribution in [0.1, 0.15) is 12.5 Å². The van der Waals surface area contributed by atoms with E-state index < -0.39 is 11.6 Å². The molecular formula is C9H7F2NO. The number of halogens is 2. The predicted molar refractivity (Wildman–Crippen MR) is 43.0 cm³/mol. The van der Waals surface area contributed by atoms with Crippen LogP contribution >= 0.6 is 0 Å². The van der Waals surface area contributed by atoms with Crippen LogP contribution in [-0.4, -0.2) is 6.08 Å². The van der Waals surface area contributed by atoms with Crippen LogP contribution in [0.3, 0.4) is 0 Å². The van der Waals surface area contributed by atoms with E-state index in [1.165, 1.54) is 18.2 Å². The summed E-state index contributed by atoms with van der Waals surface area (Å²) in [5.74, 6) is -3.07. The number of alkyl halides is 1. The molecule has 1 atom stereocenters. The molecule has 0 aromatic heterocycles. The third kappa shape index (κ3) is 1.98. The molecule has 0 radical (unpaired) electrons. The Morgan fingerprint density at radius 1 is 1.46 bits per heavy atom. The predicted octanol–water partition coefficient (Wildman–Crippen LogP) is 2.30. The molecule has 13 heavy (non-hydrogen) atoms. The molecule has 1 unspecified atom stereocenters. The lowest BCUT2D eigenvalue weighted by Crippen LogP contribution is -2.13. The van der Waals surface area contributed by atoms with E-state index in [4.69, 9.17) is 0 Å². The number of rotatable bonds is 2. The number of aliphatic imine (C=N–C) groups is 1. The van der Waals surface area contributed by atoms with Gasteiger partial charge in [0, 0.05) is 5.56 Å². The minimum atomic E-state index is -2.34. The number of carbonyl (C=O) groups excluding carboxylic acids is 1. The van der Waals surface area contributed by atoms with E-state index in [1.807, 2.05) is 0 Å². The summed E-state index contributed by atoms with van der Waals surface area (Å²) >= 11 is 0. The molecule has 1 aromatic carbocycles. The summed E-state index contributed by atoms with van der Waals surface area (Å²) in [6.07, 6.45) is 1.07. The van der Waals surface area contributed by atoms with Gasteiger partial charge in [-0.15, -0.1) is 0 Å². The molecule has 0 fully saturated rings. The summed E-state index contributed by atoms with van der Waals surface area (Å²) in [4.78, 5) is 12.7. The van der Waals surface area contributed by atoms with Crippen molar-refractivity contribution in [3.63, 3.8) is 0 Å². The Morgan fingerprint density at radius 2 is 2.08 bits per heavy atom. The van der Waals surface area contributed by atoms with Gasteiger partial charge in [-0.3, -0.25) is 0 Å². The fraction of sp³-hybridized carbons (Fsp3) is 0.222.